The summed E-state index contributed by atoms with van der Waals surface area (Å²) < 4.78 is 1.76. The van der Waals surface area contributed by atoms with Crippen LogP contribution >= 0.6 is 0 Å². The van der Waals surface area contributed by atoms with Crippen LogP contribution in [0.1, 0.15) is 19.7 Å². The zero-order chi connectivity index (χ0) is 15.4. The molecule has 0 aliphatic rings. The molecule has 5 heteroatoms. The summed E-state index contributed by atoms with van der Waals surface area (Å²) in [7, 11) is 0. The van der Waals surface area contributed by atoms with Gasteiger partial charge in [-0.2, -0.15) is 4.68 Å². The maximum absolute atomic E-state index is 4.11. The molecule has 0 atom stereocenters. The lowest BCUT2D eigenvalue weighted by Crippen LogP contribution is -2.15. The minimum Gasteiger partial charge on any atom is -0.378 e. The van der Waals surface area contributed by atoms with Crippen LogP contribution in [0, 0.1) is 0 Å². The van der Waals surface area contributed by atoms with E-state index in [9.17, 15) is 0 Å². The van der Waals surface area contributed by atoms with Crippen LogP contribution < -0.4 is 0 Å². The third-order valence-electron chi connectivity index (χ3n) is 3.72. The van der Waals surface area contributed by atoms with Gasteiger partial charge in [-0.15, -0.1) is 5.10 Å². The minimum atomic E-state index is 0.724. The van der Waals surface area contributed by atoms with Gasteiger partial charge in [0.1, 0.15) is 0 Å². The van der Waals surface area contributed by atoms with Crippen molar-refractivity contribution in [3.05, 3.63) is 54.5 Å². The Morgan fingerprint density at radius 3 is 2.59 bits per heavy atom. The molecule has 0 aliphatic carbocycles. The van der Waals surface area contributed by atoms with Gasteiger partial charge in [-0.3, -0.25) is 0 Å². The van der Waals surface area contributed by atoms with E-state index in [0.717, 1.165) is 24.6 Å². The number of hydrogen-bond acceptors (Lipinski definition) is 4. The molecular weight excluding hydrogens is 274 g/mol. The van der Waals surface area contributed by atoms with Gasteiger partial charge in [0.2, 0.25) is 0 Å². The maximum Gasteiger partial charge on any atom is 0.181 e. The van der Waals surface area contributed by atoms with E-state index < -0.39 is 0 Å². The van der Waals surface area contributed by atoms with Crippen LogP contribution in [0.25, 0.3) is 22.5 Å². The molecule has 0 saturated heterocycles. The number of rotatable bonds is 5. The van der Waals surface area contributed by atoms with Gasteiger partial charge in [0.15, 0.2) is 5.82 Å². The fourth-order valence-corrected chi connectivity index (χ4v) is 2.40. The molecule has 112 valence electrons. The summed E-state index contributed by atoms with van der Waals surface area (Å²) in [5, 5.41) is 14.4. The van der Waals surface area contributed by atoms with E-state index in [0.29, 0.717) is 0 Å². The second kappa shape index (κ2) is 6.39. The third-order valence-corrected chi connectivity index (χ3v) is 3.72. The number of nitrogens with zero attached hydrogens (tertiary/aromatic N) is 5. The zero-order valence-corrected chi connectivity index (χ0v) is 12.8. The molecule has 0 saturated carbocycles. The smallest absolute Gasteiger partial charge is 0.181 e. The zero-order valence-electron chi connectivity index (χ0n) is 12.8. The predicted molar refractivity (Wildman–Crippen MR) is 88.6 cm³/mol. The molecule has 0 amide bonds. The molecule has 0 bridgehead atoms. The highest BCUT2D eigenvalue weighted by Crippen LogP contribution is 2.18. The van der Waals surface area contributed by atoms with E-state index >= 15 is 0 Å². The number of fused-ring (bicyclic) bond motifs is 1. The normalized spacial score (nSPS) is 11.4. The largest absolute Gasteiger partial charge is 0.378 e. The van der Waals surface area contributed by atoms with E-state index in [-0.39, 0.29) is 0 Å². The van der Waals surface area contributed by atoms with Gasteiger partial charge in [0.05, 0.1) is 5.69 Å². The molecule has 0 aliphatic heterocycles. The summed E-state index contributed by atoms with van der Waals surface area (Å²) in [5.74, 6) is 0.724. The molecule has 22 heavy (non-hydrogen) atoms. The van der Waals surface area contributed by atoms with Crippen LogP contribution in [0.3, 0.4) is 0 Å². The molecule has 3 aromatic rings. The molecule has 0 fully saturated rings. The number of benzene rings is 2. The fourth-order valence-electron chi connectivity index (χ4n) is 2.40. The Bertz CT molecular complexity index is 786. The summed E-state index contributed by atoms with van der Waals surface area (Å²) in [6.45, 7) is 6.18. The van der Waals surface area contributed by atoms with Gasteiger partial charge in [0.25, 0.3) is 0 Å². The lowest BCUT2D eigenvalue weighted by molar-refractivity contribution is 0.421. The Hall–Kier alpha value is -2.69. The predicted octanol–water partition coefficient (Wildman–Crippen LogP) is 3.13. The average molecular weight is 293 g/mol. The topological polar surface area (TPSA) is 46.8 Å². The first-order valence-electron chi connectivity index (χ1n) is 7.51. The van der Waals surface area contributed by atoms with E-state index in [2.05, 4.69) is 58.5 Å². The van der Waals surface area contributed by atoms with Gasteiger partial charge in [0, 0.05) is 25.4 Å². The molecule has 0 radical (unpaired) electrons. The molecule has 0 N–H and O–H groups in total. The van der Waals surface area contributed by atoms with Gasteiger partial charge in [-0.1, -0.05) is 30.3 Å². The first-order valence-corrected chi connectivity index (χ1v) is 7.51. The van der Waals surface area contributed by atoms with Crippen molar-refractivity contribution in [2.24, 2.45) is 0 Å². The van der Waals surface area contributed by atoms with Crippen LogP contribution in [0.15, 0.2) is 48.7 Å². The highest BCUT2D eigenvalue weighted by molar-refractivity contribution is 5.84. The summed E-state index contributed by atoms with van der Waals surface area (Å²) in [4.78, 5) is 2.19. The van der Waals surface area contributed by atoms with Crippen LogP contribution in [-0.2, 0) is 0 Å². The molecule has 0 spiro atoms. The number of hydrogen-bond donors (Lipinski definition) is 0. The lowest BCUT2D eigenvalue weighted by atomic mass is 10.1. The van der Waals surface area contributed by atoms with Crippen molar-refractivity contribution >= 4 is 16.8 Å². The monoisotopic (exact) mass is 293 g/mol. The minimum absolute atomic E-state index is 0.724. The van der Waals surface area contributed by atoms with Crippen molar-refractivity contribution in [2.75, 3.05) is 13.1 Å². The molecule has 0 unspecified atom stereocenters. The SMILES string of the molecule is CCN(/C=C/c1nnnn1-c1ccc2ccccc2c1)CC. The Labute approximate surface area is 129 Å². The third kappa shape index (κ3) is 2.83. The Kier molecular flexibility index (Phi) is 4.14. The second-order valence-corrected chi connectivity index (χ2v) is 5.02. The van der Waals surface area contributed by atoms with Gasteiger partial charge in [-0.05, 0) is 47.2 Å². The van der Waals surface area contributed by atoms with Crippen LogP contribution in [0.4, 0.5) is 0 Å². The molecule has 1 heterocycles. The fraction of sp³-hybridized carbons (Fsp3) is 0.235. The summed E-state index contributed by atoms with van der Waals surface area (Å²) >= 11 is 0. The van der Waals surface area contributed by atoms with Crippen molar-refractivity contribution in [3.63, 3.8) is 0 Å². The standard InChI is InChI=1S/C17H19N5/c1-3-21(4-2)12-11-17-18-19-20-22(17)16-10-9-14-7-5-6-8-15(14)13-16/h5-13H,3-4H2,1-2H3/b12-11+. The summed E-state index contributed by atoms with van der Waals surface area (Å²) in [6, 6.07) is 14.5. The van der Waals surface area contributed by atoms with Gasteiger partial charge >= 0.3 is 0 Å². The molecule has 2 aromatic carbocycles. The quantitative estimate of drug-likeness (QED) is 0.725. The maximum atomic E-state index is 4.11. The first kappa shape index (κ1) is 14.3. The molecule has 3 rings (SSSR count). The van der Waals surface area contributed by atoms with E-state index in [1.54, 1.807) is 4.68 Å². The number of tetrazole rings is 1. The lowest BCUT2D eigenvalue weighted by Gasteiger charge is -2.14. The van der Waals surface area contributed by atoms with Gasteiger partial charge < -0.3 is 4.90 Å². The first-order chi connectivity index (χ1) is 10.8. The van der Waals surface area contributed by atoms with Crippen LogP contribution in [0.5, 0.6) is 0 Å². The van der Waals surface area contributed by atoms with Crippen molar-refractivity contribution in [1.29, 1.82) is 0 Å². The Balaban J connectivity index is 1.96. The Morgan fingerprint density at radius 1 is 1.05 bits per heavy atom. The summed E-state index contributed by atoms with van der Waals surface area (Å²) in [5.41, 5.74) is 0.961. The van der Waals surface area contributed by atoms with Crippen LogP contribution in [0.2, 0.25) is 0 Å². The van der Waals surface area contributed by atoms with Crippen molar-refractivity contribution in [2.45, 2.75) is 13.8 Å². The highest BCUT2D eigenvalue weighted by Gasteiger charge is 2.06. The van der Waals surface area contributed by atoms with E-state index in [1.165, 1.54) is 10.8 Å². The van der Waals surface area contributed by atoms with Crippen molar-refractivity contribution in [1.82, 2.24) is 25.1 Å². The molecule has 1 aromatic heterocycles. The average Bonchev–Trinajstić information content (AvgIpc) is 3.04. The van der Waals surface area contributed by atoms with Crippen molar-refractivity contribution in [3.8, 4) is 5.69 Å². The van der Waals surface area contributed by atoms with Gasteiger partial charge in [-0.25, -0.2) is 0 Å². The van der Waals surface area contributed by atoms with E-state index in [1.807, 2.05) is 30.5 Å². The molecule has 5 nitrogen and oxygen atoms in total. The summed E-state index contributed by atoms with van der Waals surface area (Å²) in [6.07, 6.45) is 3.98. The van der Waals surface area contributed by atoms with Crippen molar-refractivity contribution < 1.29 is 0 Å². The van der Waals surface area contributed by atoms with E-state index in [4.69, 9.17) is 0 Å². The molecular formula is C17H19N5. The second-order valence-electron chi connectivity index (χ2n) is 5.02. The Morgan fingerprint density at radius 2 is 1.82 bits per heavy atom. The highest BCUT2D eigenvalue weighted by atomic mass is 15.5. The van der Waals surface area contributed by atoms with Crippen LogP contribution in [-0.4, -0.2) is 38.2 Å². The number of aromatic nitrogens is 4.